The fourth-order valence-corrected chi connectivity index (χ4v) is 2.40. The predicted molar refractivity (Wildman–Crippen MR) is 68.4 cm³/mol. The first-order chi connectivity index (χ1) is 9.05. The highest BCUT2D eigenvalue weighted by Crippen LogP contribution is 2.28. The fraction of sp³-hybridized carbons (Fsp3) is 0.357. The minimum atomic E-state index is -2.62. The molecule has 0 bridgehead atoms. The summed E-state index contributed by atoms with van der Waals surface area (Å²) in [6, 6.07) is 7.29. The number of fused-ring (bicyclic) bond motifs is 1. The maximum atomic E-state index is 13.1. The number of alkyl halides is 2. The van der Waals surface area contributed by atoms with Crippen LogP contribution < -0.4 is 0 Å². The molecule has 3 rings (SSSR count). The van der Waals surface area contributed by atoms with E-state index in [0.717, 1.165) is 10.9 Å². The summed E-state index contributed by atoms with van der Waals surface area (Å²) in [6.45, 7) is 0.239. The number of rotatable bonds is 1. The summed E-state index contributed by atoms with van der Waals surface area (Å²) in [4.78, 5) is 16.8. The van der Waals surface area contributed by atoms with Crippen LogP contribution in [0.5, 0.6) is 0 Å². The molecular formula is C14H14F2N2O. The number of nitrogens with one attached hydrogen (secondary N) is 1. The van der Waals surface area contributed by atoms with Crippen LogP contribution in [0.4, 0.5) is 8.78 Å². The van der Waals surface area contributed by atoms with E-state index in [2.05, 4.69) is 4.98 Å². The van der Waals surface area contributed by atoms with E-state index in [0.29, 0.717) is 5.56 Å². The highest BCUT2D eigenvalue weighted by Gasteiger charge is 2.35. The van der Waals surface area contributed by atoms with Crippen molar-refractivity contribution in [2.75, 3.05) is 13.1 Å². The Bertz CT molecular complexity index is 611. The van der Waals surface area contributed by atoms with E-state index in [-0.39, 0.29) is 31.8 Å². The van der Waals surface area contributed by atoms with E-state index < -0.39 is 5.92 Å². The van der Waals surface area contributed by atoms with Crippen LogP contribution in [0.3, 0.4) is 0 Å². The predicted octanol–water partition coefficient (Wildman–Crippen LogP) is 3.04. The summed E-state index contributed by atoms with van der Waals surface area (Å²) in [5.74, 6) is -2.80. The topological polar surface area (TPSA) is 36.1 Å². The summed E-state index contributed by atoms with van der Waals surface area (Å²) in [6.07, 6.45) is 1.31. The van der Waals surface area contributed by atoms with Crippen molar-refractivity contribution in [2.45, 2.75) is 18.8 Å². The number of H-pyrrole nitrogens is 1. The van der Waals surface area contributed by atoms with Crippen molar-refractivity contribution in [2.24, 2.45) is 0 Å². The first-order valence-electron chi connectivity index (χ1n) is 6.29. The second kappa shape index (κ2) is 4.33. The van der Waals surface area contributed by atoms with Gasteiger partial charge in [0.25, 0.3) is 11.8 Å². The number of piperidine rings is 1. The number of halogens is 2. The van der Waals surface area contributed by atoms with Gasteiger partial charge in [-0.1, -0.05) is 6.07 Å². The Morgan fingerprint density at radius 2 is 1.95 bits per heavy atom. The second-order valence-corrected chi connectivity index (χ2v) is 4.93. The Morgan fingerprint density at radius 1 is 1.21 bits per heavy atom. The van der Waals surface area contributed by atoms with Crippen LogP contribution in [0, 0.1) is 0 Å². The van der Waals surface area contributed by atoms with Crippen molar-refractivity contribution < 1.29 is 13.6 Å². The SMILES string of the molecule is O=C(c1ccc2cc[nH]c2c1)N1CCC(F)(F)CC1. The van der Waals surface area contributed by atoms with Gasteiger partial charge in [0, 0.05) is 43.2 Å². The van der Waals surface area contributed by atoms with Crippen LogP contribution in [0.1, 0.15) is 23.2 Å². The van der Waals surface area contributed by atoms with Gasteiger partial charge in [-0.15, -0.1) is 0 Å². The summed E-state index contributed by atoms with van der Waals surface area (Å²) in [7, 11) is 0. The van der Waals surface area contributed by atoms with Gasteiger partial charge in [0.15, 0.2) is 0 Å². The van der Waals surface area contributed by atoms with E-state index >= 15 is 0 Å². The highest BCUT2D eigenvalue weighted by molar-refractivity contribution is 5.98. The van der Waals surface area contributed by atoms with Crippen LogP contribution in [-0.2, 0) is 0 Å². The molecular weight excluding hydrogens is 250 g/mol. The third-order valence-electron chi connectivity index (χ3n) is 3.58. The van der Waals surface area contributed by atoms with Crippen molar-refractivity contribution >= 4 is 16.8 Å². The smallest absolute Gasteiger partial charge is 0.253 e. The standard InChI is InChI=1S/C14H14F2N2O/c15-14(16)4-7-18(8-5-14)13(19)11-2-1-10-3-6-17-12(10)9-11/h1-3,6,9,17H,4-5,7-8H2. The van der Waals surface area contributed by atoms with Crippen LogP contribution in [-0.4, -0.2) is 34.8 Å². The lowest BCUT2D eigenvalue weighted by atomic mass is 10.1. The zero-order valence-electron chi connectivity index (χ0n) is 10.3. The largest absolute Gasteiger partial charge is 0.361 e. The molecule has 1 N–H and O–H groups in total. The number of hydrogen-bond acceptors (Lipinski definition) is 1. The Balaban J connectivity index is 1.80. The number of aromatic nitrogens is 1. The first-order valence-corrected chi connectivity index (χ1v) is 6.29. The van der Waals surface area contributed by atoms with Crippen LogP contribution in [0.25, 0.3) is 10.9 Å². The molecule has 1 saturated heterocycles. The molecule has 0 aliphatic carbocycles. The second-order valence-electron chi connectivity index (χ2n) is 4.93. The van der Waals surface area contributed by atoms with E-state index in [4.69, 9.17) is 0 Å². The van der Waals surface area contributed by atoms with Crippen molar-refractivity contribution in [1.82, 2.24) is 9.88 Å². The maximum absolute atomic E-state index is 13.1. The Morgan fingerprint density at radius 3 is 2.68 bits per heavy atom. The Hall–Kier alpha value is -1.91. The van der Waals surface area contributed by atoms with Crippen molar-refractivity contribution in [3.63, 3.8) is 0 Å². The van der Waals surface area contributed by atoms with Gasteiger partial charge in [-0.2, -0.15) is 0 Å². The number of benzene rings is 1. The summed E-state index contributed by atoms with van der Waals surface area (Å²) in [5.41, 5.74) is 1.42. The third kappa shape index (κ3) is 2.32. The third-order valence-corrected chi connectivity index (χ3v) is 3.58. The van der Waals surface area contributed by atoms with E-state index in [1.54, 1.807) is 18.3 Å². The molecule has 1 fully saturated rings. The average molecular weight is 264 g/mol. The van der Waals surface area contributed by atoms with Gasteiger partial charge in [-0.25, -0.2) is 8.78 Å². The van der Waals surface area contributed by atoms with Gasteiger partial charge in [0.2, 0.25) is 0 Å². The number of carbonyl (C=O) groups is 1. The molecule has 100 valence electrons. The molecule has 0 unspecified atom stereocenters. The molecule has 1 aliphatic heterocycles. The van der Waals surface area contributed by atoms with Crippen molar-refractivity contribution in [3.05, 3.63) is 36.0 Å². The van der Waals surface area contributed by atoms with Crippen molar-refractivity contribution in [1.29, 1.82) is 0 Å². The molecule has 1 aliphatic rings. The number of likely N-dealkylation sites (tertiary alicyclic amines) is 1. The zero-order valence-corrected chi connectivity index (χ0v) is 10.3. The lowest BCUT2D eigenvalue weighted by Crippen LogP contribution is -2.42. The Kier molecular flexibility index (Phi) is 2.77. The van der Waals surface area contributed by atoms with Gasteiger partial charge >= 0.3 is 0 Å². The van der Waals surface area contributed by atoms with Crippen LogP contribution in [0.2, 0.25) is 0 Å². The molecule has 2 aromatic rings. The minimum Gasteiger partial charge on any atom is -0.361 e. The molecule has 2 heterocycles. The molecule has 1 amide bonds. The van der Waals surface area contributed by atoms with E-state index in [9.17, 15) is 13.6 Å². The Labute approximate surface area is 109 Å². The monoisotopic (exact) mass is 264 g/mol. The fourth-order valence-electron chi connectivity index (χ4n) is 2.40. The van der Waals surface area contributed by atoms with Crippen LogP contribution >= 0.6 is 0 Å². The molecule has 0 saturated carbocycles. The molecule has 1 aromatic carbocycles. The van der Waals surface area contributed by atoms with Gasteiger partial charge in [0.05, 0.1) is 0 Å². The number of hydrogen-bond donors (Lipinski definition) is 1. The molecule has 0 atom stereocenters. The summed E-state index contributed by atoms with van der Waals surface area (Å²) in [5, 5.41) is 1.03. The molecule has 0 radical (unpaired) electrons. The number of nitrogens with zero attached hydrogens (tertiary/aromatic N) is 1. The summed E-state index contributed by atoms with van der Waals surface area (Å²) >= 11 is 0. The van der Waals surface area contributed by atoms with E-state index in [1.165, 1.54) is 4.90 Å². The van der Waals surface area contributed by atoms with Crippen LogP contribution in [0.15, 0.2) is 30.5 Å². The normalized spacial score (nSPS) is 18.7. The number of aromatic amines is 1. The zero-order chi connectivity index (χ0) is 13.5. The van der Waals surface area contributed by atoms with Gasteiger partial charge in [-0.05, 0) is 23.6 Å². The van der Waals surface area contributed by atoms with E-state index in [1.807, 2.05) is 12.1 Å². The van der Waals surface area contributed by atoms with Gasteiger partial charge in [-0.3, -0.25) is 4.79 Å². The molecule has 5 heteroatoms. The molecule has 0 spiro atoms. The molecule has 3 nitrogen and oxygen atoms in total. The maximum Gasteiger partial charge on any atom is 0.253 e. The first kappa shape index (κ1) is 12.1. The minimum absolute atomic E-state index is 0.120. The van der Waals surface area contributed by atoms with Gasteiger partial charge < -0.3 is 9.88 Å². The lowest BCUT2D eigenvalue weighted by molar-refractivity contribution is -0.0494. The molecule has 19 heavy (non-hydrogen) atoms. The molecule has 1 aromatic heterocycles. The summed E-state index contributed by atoms with van der Waals surface area (Å²) < 4.78 is 26.1. The quantitative estimate of drug-likeness (QED) is 0.844. The van der Waals surface area contributed by atoms with Crippen molar-refractivity contribution in [3.8, 4) is 0 Å². The average Bonchev–Trinajstić information content (AvgIpc) is 2.85. The lowest BCUT2D eigenvalue weighted by Gasteiger charge is -2.31. The number of amides is 1. The van der Waals surface area contributed by atoms with Gasteiger partial charge in [0.1, 0.15) is 0 Å². The highest BCUT2D eigenvalue weighted by atomic mass is 19.3. The number of carbonyl (C=O) groups excluding carboxylic acids is 1.